The molecule has 0 amide bonds. The van der Waals surface area contributed by atoms with Gasteiger partial charge in [0.05, 0.1) is 17.7 Å². The molecule has 29 heavy (non-hydrogen) atoms. The molecule has 0 bridgehead atoms. The first-order chi connectivity index (χ1) is 13.8. The third kappa shape index (κ3) is 8.39. The number of ether oxygens (including phenoxy) is 3. The molecule has 0 aliphatic carbocycles. The maximum atomic E-state index is 11.7. The van der Waals surface area contributed by atoms with Crippen LogP contribution in [0.3, 0.4) is 0 Å². The van der Waals surface area contributed by atoms with Gasteiger partial charge in [-0.25, -0.2) is 0 Å². The average Bonchev–Trinajstić information content (AvgIpc) is 2.68. The number of anilines is 1. The van der Waals surface area contributed by atoms with Crippen LogP contribution in [0.5, 0.6) is 5.75 Å². The van der Waals surface area contributed by atoms with Gasteiger partial charge in [-0.1, -0.05) is 19.9 Å². The molecule has 0 radical (unpaired) electrons. The molecule has 0 saturated carbocycles. The monoisotopic (exact) mass is 411 g/mol. The summed E-state index contributed by atoms with van der Waals surface area (Å²) in [6.07, 6.45) is -0.774. The van der Waals surface area contributed by atoms with Crippen molar-refractivity contribution in [2.75, 3.05) is 12.4 Å². The van der Waals surface area contributed by atoms with Crippen LogP contribution in [0.1, 0.15) is 46.1 Å². The van der Waals surface area contributed by atoms with Crippen LogP contribution in [0.2, 0.25) is 0 Å². The Kier molecular flexibility index (Phi) is 10.6. The van der Waals surface area contributed by atoms with Crippen LogP contribution in [0.15, 0.2) is 18.2 Å². The molecule has 0 spiro atoms. The van der Waals surface area contributed by atoms with Crippen molar-refractivity contribution in [1.29, 1.82) is 0 Å². The lowest BCUT2D eigenvalue weighted by molar-refractivity contribution is -0.175. The summed E-state index contributed by atoms with van der Waals surface area (Å²) in [4.78, 5) is 22.7. The highest BCUT2D eigenvalue weighted by Crippen LogP contribution is 2.30. The number of aldehydes is 1. The quantitative estimate of drug-likeness (QED) is 0.441. The maximum Gasteiger partial charge on any atom is 0.308 e. The molecule has 1 aliphatic rings. The number of benzene rings is 1. The Morgan fingerprint density at radius 2 is 1.97 bits per heavy atom. The van der Waals surface area contributed by atoms with Crippen LogP contribution in [0, 0.1) is 5.92 Å². The second kappa shape index (κ2) is 12.4. The van der Waals surface area contributed by atoms with Crippen LogP contribution in [0.4, 0.5) is 5.69 Å². The van der Waals surface area contributed by atoms with E-state index in [4.69, 9.17) is 19.3 Å². The zero-order valence-electron chi connectivity index (χ0n) is 17.8. The molecule has 3 atom stereocenters. The van der Waals surface area contributed by atoms with Crippen molar-refractivity contribution in [2.45, 2.75) is 71.7 Å². The number of aliphatic hydroxyl groups is 2. The van der Waals surface area contributed by atoms with Gasteiger partial charge in [0, 0.05) is 26.0 Å². The van der Waals surface area contributed by atoms with E-state index in [1.807, 2.05) is 26.0 Å². The van der Waals surface area contributed by atoms with E-state index in [1.54, 1.807) is 19.9 Å². The molecular formula is C21H33NO7. The van der Waals surface area contributed by atoms with Crippen molar-refractivity contribution in [2.24, 2.45) is 5.92 Å². The van der Waals surface area contributed by atoms with Crippen molar-refractivity contribution >= 4 is 17.9 Å². The average molecular weight is 411 g/mol. The van der Waals surface area contributed by atoms with Crippen LogP contribution in [-0.2, 0) is 25.7 Å². The molecule has 3 N–H and O–H groups in total. The Balaban J connectivity index is 0.00000204. The van der Waals surface area contributed by atoms with Gasteiger partial charge >= 0.3 is 5.97 Å². The van der Waals surface area contributed by atoms with E-state index in [2.05, 4.69) is 5.32 Å². The largest absolute Gasteiger partial charge is 0.463 e. The van der Waals surface area contributed by atoms with E-state index >= 15 is 0 Å². The third-order valence-electron chi connectivity index (χ3n) is 4.05. The van der Waals surface area contributed by atoms with Crippen LogP contribution in [0.25, 0.3) is 0 Å². The Morgan fingerprint density at radius 1 is 1.28 bits per heavy atom. The molecular weight excluding hydrogens is 378 g/mol. The summed E-state index contributed by atoms with van der Waals surface area (Å²) in [5.41, 5.74) is 1.56. The Bertz CT molecular complexity index is 648. The number of nitrogens with one attached hydrogen (secondary N) is 1. The molecule has 1 aromatic rings. The van der Waals surface area contributed by atoms with Gasteiger partial charge in [0.2, 0.25) is 6.29 Å². The number of carbonyl (C=O) groups is 2. The highest BCUT2D eigenvalue weighted by atomic mass is 16.7. The van der Waals surface area contributed by atoms with Crippen molar-refractivity contribution < 1.29 is 34.0 Å². The van der Waals surface area contributed by atoms with Gasteiger partial charge in [0.15, 0.2) is 0 Å². The summed E-state index contributed by atoms with van der Waals surface area (Å²) >= 11 is 0. The summed E-state index contributed by atoms with van der Waals surface area (Å²) < 4.78 is 16.7. The number of hydrogen-bond donors (Lipinski definition) is 3. The van der Waals surface area contributed by atoms with E-state index < -0.39 is 18.5 Å². The van der Waals surface area contributed by atoms with E-state index in [-0.39, 0.29) is 31.0 Å². The second-order valence-electron chi connectivity index (χ2n) is 7.38. The first kappa shape index (κ1) is 24.9. The van der Waals surface area contributed by atoms with Crippen molar-refractivity contribution in [3.63, 3.8) is 0 Å². The maximum absolute atomic E-state index is 11.7. The lowest BCUT2D eigenvalue weighted by atomic mass is 10.1. The lowest BCUT2D eigenvalue weighted by Crippen LogP contribution is -2.39. The molecule has 1 fully saturated rings. The SMILES string of the molecule is CC(C)Nc1cc(COC(=O)C(C)C)ccc1OC1CC(O)CC(C=O)O1.CO. The number of rotatable bonds is 8. The fourth-order valence-corrected chi connectivity index (χ4v) is 2.71. The van der Waals surface area contributed by atoms with Crippen molar-refractivity contribution in [1.82, 2.24) is 0 Å². The fourth-order valence-electron chi connectivity index (χ4n) is 2.71. The summed E-state index contributed by atoms with van der Waals surface area (Å²) in [5, 5.41) is 20.2. The minimum absolute atomic E-state index is 0.154. The van der Waals surface area contributed by atoms with Gasteiger partial charge in [-0.05, 0) is 31.5 Å². The van der Waals surface area contributed by atoms with E-state index in [0.717, 1.165) is 18.4 Å². The topological polar surface area (TPSA) is 114 Å². The standard InChI is InChI=1S/C20H29NO6.CH4O/c1-12(2)20(24)25-11-14-5-6-18(17(7-14)21-13(3)4)27-19-9-15(23)8-16(10-22)26-19;1-2/h5-7,10,12-13,15-16,19,21,23H,8-9,11H2,1-4H3;2H,1H3. The van der Waals surface area contributed by atoms with Gasteiger partial charge in [-0.2, -0.15) is 0 Å². The summed E-state index contributed by atoms with van der Waals surface area (Å²) in [6.45, 7) is 7.75. The predicted molar refractivity (Wildman–Crippen MR) is 109 cm³/mol. The van der Waals surface area contributed by atoms with Gasteiger partial charge in [0.1, 0.15) is 24.7 Å². The zero-order chi connectivity index (χ0) is 22.0. The van der Waals surface area contributed by atoms with E-state index in [0.29, 0.717) is 18.5 Å². The molecule has 164 valence electrons. The van der Waals surface area contributed by atoms with Gasteiger partial charge < -0.3 is 34.5 Å². The van der Waals surface area contributed by atoms with Gasteiger partial charge in [-0.3, -0.25) is 4.79 Å². The molecule has 1 heterocycles. The molecule has 2 rings (SSSR count). The normalized spacial score (nSPS) is 21.2. The Labute approximate surface area is 172 Å². The van der Waals surface area contributed by atoms with Crippen LogP contribution < -0.4 is 10.1 Å². The van der Waals surface area contributed by atoms with Crippen molar-refractivity contribution in [3.05, 3.63) is 23.8 Å². The van der Waals surface area contributed by atoms with Crippen molar-refractivity contribution in [3.8, 4) is 5.75 Å². The highest BCUT2D eigenvalue weighted by Gasteiger charge is 2.30. The lowest BCUT2D eigenvalue weighted by Gasteiger charge is -2.31. The second-order valence-corrected chi connectivity index (χ2v) is 7.38. The fraction of sp³-hybridized carbons (Fsp3) is 0.619. The Hall–Kier alpha value is -2.16. The zero-order valence-corrected chi connectivity index (χ0v) is 17.8. The minimum atomic E-state index is -0.707. The molecule has 1 aromatic carbocycles. The molecule has 3 unspecified atom stereocenters. The molecule has 1 saturated heterocycles. The smallest absolute Gasteiger partial charge is 0.308 e. The van der Waals surface area contributed by atoms with Gasteiger partial charge in [0.25, 0.3) is 0 Å². The molecule has 8 nitrogen and oxygen atoms in total. The van der Waals surface area contributed by atoms with E-state index in [9.17, 15) is 14.7 Å². The summed E-state index contributed by atoms with van der Waals surface area (Å²) in [5.74, 6) is 0.117. The predicted octanol–water partition coefficient (Wildman–Crippen LogP) is 2.26. The van der Waals surface area contributed by atoms with E-state index in [1.165, 1.54) is 0 Å². The van der Waals surface area contributed by atoms with Crippen LogP contribution in [-0.4, -0.2) is 54.1 Å². The Morgan fingerprint density at radius 3 is 2.55 bits per heavy atom. The van der Waals surface area contributed by atoms with Gasteiger partial charge in [-0.15, -0.1) is 0 Å². The number of esters is 1. The number of aliphatic hydroxyl groups excluding tert-OH is 2. The summed E-state index contributed by atoms with van der Waals surface area (Å²) in [7, 11) is 1.00. The highest BCUT2D eigenvalue weighted by molar-refractivity contribution is 5.71. The first-order valence-electron chi connectivity index (χ1n) is 9.74. The number of hydrogen-bond acceptors (Lipinski definition) is 8. The first-order valence-corrected chi connectivity index (χ1v) is 9.74. The molecule has 1 aliphatic heterocycles. The number of carbonyl (C=O) groups excluding carboxylic acids is 2. The molecule has 8 heteroatoms. The third-order valence-corrected chi connectivity index (χ3v) is 4.05. The summed E-state index contributed by atoms with van der Waals surface area (Å²) in [6, 6.07) is 5.59. The minimum Gasteiger partial charge on any atom is -0.463 e. The van der Waals surface area contributed by atoms with Crippen LogP contribution >= 0.6 is 0 Å². The molecule has 0 aromatic heterocycles.